The second kappa shape index (κ2) is 5.79. The Hall–Kier alpha value is -2.36. The highest BCUT2D eigenvalue weighted by Gasteiger charge is 2.36. The van der Waals surface area contributed by atoms with Crippen molar-refractivity contribution in [1.29, 1.82) is 0 Å². The van der Waals surface area contributed by atoms with Crippen LogP contribution in [0.5, 0.6) is 5.75 Å². The van der Waals surface area contributed by atoms with Crippen molar-refractivity contribution in [1.82, 2.24) is 4.90 Å². The van der Waals surface area contributed by atoms with Crippen LogP contribution in [-0.2, 0) is 0 Å². The number of phenolic OH excluding ortho intramolecular Hbond substituents is 1. The zero-order valence-electron chi connectivity index (χ0n) is 12.6. The van der Waals surface area contributed by atoms with Crippen molar-refractivity contribution in [2.45, 2.75) is 32.6 Å². The highest BCUT2D eigenvalue weighted by Crippen LogP contribution is 2.32. The summed E-state index contributed by atoms with van der Waals surface area (Å²) in [5.74, 6) is -0.364. The van der Waals surface area contributed by atoms with E-state index in [1.54, 1.807) is 24.3 Å². The first-order valence-corrected chi connectivity index (χ1v) is 7.75. The molecule has 1 aliphatic heterocycles. The predicted molar refractivity (Wildman–Crippen MR) is 85.1 cm³/mol. The number of nitrogens with zero attached hydrogens (tertiary/aromatic N) is 1. The van der Waals surface area contributed by atoms with Gasteiger partial charge in [0.2, 0.25) is 0 Å². The van der Waals surface area contributed by atoms with Gasteiger partial charge in [-0.15, -0.1) is 0 Å². The number of fused-ring (bicyclic) bond motifs is 3. The van der Waals surface area contributed by atoms with Crippen LogP contribution < -0.4 is 0 Å². The van der Waals surface area contributed by atoms with Crippen molar-refractivity contribution >= 4 is 22.6 Å². The van der Waals surface area contributed by atoms with Gasteiger partial charge in [0.1, 0.15) is 5.75 Å². The van der Waals surface area contributed by atoms with E-state index in [0.29, 0.717) is 23.1 Å². The quantitative estimate of drug-likeness (QED) is 0.676. The fourth-order valence-electron chi connectivity index (χ4n) is 2.99. The Balaban J connectivity index is 1.95. The van der Waals surface area contributed by atoms with Crippen LogP contribution in [0.15, 0.2) is 30.3 Å². The van der Waals surface area contributed by atoms with E-state index in [1.807, 2.05) is 6.07 Å². The smallest absolute Gasteiger partial charge is 0.262 e. The summed E-state index contributed by atoms with van der Waals surface area (Å²) in [6.07, 6.45) is 4.08. The number of rotatable bonds is 5. The SMILES string of the molecule is CCCCCCN1C(=O)c2ccc3ccc(O)cc3c2C1=O. The number of carbonyl (C=O) groups excluding carboxylic acids is 2. The molecule has 0 aliphatic carbocycles. The van der Waals surface area contributed by atoms with Gasteiger partial charge in [-0.3, -0.25) is 14.5 Å². The average molecular weight is 297 g/mol. The molecule has 2 aromatic rings. The van der Waals surface area contributed by atoms with Gasteiger partial charge in [-0.1, -0.05) is 38.3 Å². The van der Waals surface area contributed by atoms with Crippen LogP contribution in [0.2, 0.25) is 0 Å². The number of benzene rings is 2. The van der Waals surface area contributed by atoms with E-state index >= 15 is 0 Å². The molecule has 4 nitrogen and oxygen atoms in total. The maximum atomic E-state index is 12.6. The third kappa shape index (κ3) is 2.34. The van der Waals surface area contributed by atoms with Gasteiger partial charge in [-0.2, -0.15) is 0 Å². The second-order valence-electron chi connectivity index (χ2n) is 5.72. The number of unbranched alkanes of at least 4 members (excludes halogenated alkanes) is 3. The first-order valence-electron chi connectivity index (χ1n) is 7.75. The fourth-order valence-corrected chi connectivity index (χ4v) is 2.99. The molecule has 114 valence electrons. The minimum absolute atomic E-state index is 0.0996. The molecule has 0 atom stereocenters. The van der Waals surface area contributed by atoms with E-state index in [9.17, 15) is 14.7 Å². The molecule has 0 fully saturated rings. The molecular formula is C18H19NO3. The maximum absolute atomic E-state index is 12.6. The van der Waals surface area contributed by atoms with Gasteiger partial charge in [0.15, 0.2) is 0 Å². The summed E-state index contributed by atoms with van der Waals surface area (Å²) in [6.45, 7) is 2.59. The van der Waals surface area contributed by atoms with E-state index in [-0.39, 0.29) is 17.6 Å². The topological polar surface area (TPSA) is 57.6 Å². The largest absolute Gasteiger partial charge is 0.508 e. The lowest BCUT2D eigenvalue weighted by atomic mass is 10.0. The Morgan fingerprint density at radius 1 is 1.00 bits per heavy atom. The molecule has 0 aromatic heterocycles. The van der Waals surface area contributed by atoms with Crippen LogP contribution in [0.1, 0.15) is 53.3 Å². The number of hydrogen-bond donors (Lipinski definition) is 1. The first-order chi connectivity index (χ1) is 10.6. The third-order valence-corrected chi connectivity index (χ3v) is 4.17. The highest BCUT2D eigenvalue weighted by atomic mass is 16.3. The molecule has 0 saturated carbocycles. The van der Waals surface area contributed by atoms with Crippen LogP contribution in [0.4, 0.5) is 0 Å². The van der Waals surface area contributed by atoms with Gasteiger partial charge in [0.05, 0.1) is 11.1 Å². The van der Waals surface area contributed by atoms with Crippen LogP contribution in [0.25, 0.3) is 10.8 Å². The van der Waals surface area contributed by atoms with Crippen molar-refractivity contribution in [3.05, 3.63) is 41.5 Å². The molecule has 2 aromatic carbocycles. The lowest BCUT2D eigenvalue weighted by Crippen LogP contribution is -2.30. The van der Waals surface area contributed by atoms with Crippen molar-refractivity contribution < 1.29 is 14.7 Å². The van der Waals surface area contributed by atoms with Gasteiger partial charge in [-0.05, 0) is 35.4 Å². The van der Waals surface area contributed by atoms with Crippen LogP contribution in [0, 0.1) is 0 Å². The van der Waals surface area contributed by atoms with Crippen LogP contribution >= 0.6 is 0 Å². The molecule has 2 amide bonds. The summed E-state index contributed by atoms with van der Waals surface area (Å²) in [7, 11) is 0. The Kier molecular flexibility index (Phi) is 3.84. The van der Waals surface area contributed by atoms with Gasteiger partial charge in [0.25, 0.3) is 11.8 Å². The number of hydrogen-bond acceptors (Lipinski definition) is 3. The summed E-state index contributed by atoms with van der Waals surface area (Å²) in [5, 5.41) is 11.2. The molecular weight excluding hydrogens is 278 g/mol. The Morgan fingerprint density at radius 2 is 1.77 bits per heavy atom. The minimum Gasteiger partial charge on any atom is -0.508 e. The number of phenols is 1. The maximum Gasteiger partial charge on any atom is 0.262 e. The zero-order chi connectivity index (χ0) is 15.7. The van der Waals surface area contributed by atoms with Gasteiger partial charge >= 0.3 is 0 Å². The molecule has 3 rings (SSSR count). The van der Waals surface area contributed by atoms with Crippen molar-refractivity contribution in [3.63, 3.8) is 0 Å². The van der Waals surface area contributed by atoms with Crippen molar-refractivity contribution in [2.24, 2.45) is 0 Å². The van der Waals surface area contributed by atoms with E-state index in [4.69, 9.17) is 0 Å². The molecule has 0 bridgehead atoms. The van der Waals surface area contributed by atoms with E-state index < -0.39 is 0 Å². The number of carbonyl (C=O) groups is 2. The number of aromatic hydroxyl groups is 1. The Morgan fingerprint density at radius 3 is 2.55 bits per heavy atom. The minimum atomic E-state index is -0.243. The molecule has 1 heterocycles. The summed E-state index contributed by atoms with van der Waals surface area (Å²) >= 11 is 0. The van der Waals surface area contributed by atoms with E-state index in [1.165, 1.54) is 4.90 Å². The third-order valence-electron chi connectivity index (χ3n) is 4.17. The lowest BCUT2D eigenvalue weighted by Gasteiger charge is -2.13. The van der Waals surface area contributed by atoms with Gasteiger partial charge < -0.3 is 5.11 Å². The molecule has 0 radical (unpaired) electrons. The standard InChI is InChI=1S/C18H19NO3/c1-2-3-4-5-10-19-17(21)14-9-7-12-6-8-13(20)11-15(12)16(14)18(19)22/h6-9,11,20H,2-5,10H2,1H3. The summed E-state index contributed by atoms with van der Waals surface area (Å²) in [5.41, 5.74) is 0.868. The van der Waals surface area contributed by atoms with Crippen LogP contribution in [-0.4, -0.2) is 28.4 Å². The van der Waals surface area contributed by atoms with Crippen molar-refractivity contribution in [3.8, 4) is 5.75 Å². The first kappa shape index (κ1) is 14.6. The molecule has 22 heavy (non-hydrogen) atoms. The highest BCUT2D eigenvalue weighted by molar-refractivity contribution is 6.26. The van der Waals surface area contributed by atoms with E-state index in [2.05, 4.69) is 6.92 Å². The fraction of sp³-hybridized carbons (Fsp3) is 0.333. The summed E-state index contributed by atoms with van der Waals surface area (Å²) in [4.78, 5) is 26.4. The van der Waals surface area contributed by atoms with Crippen molar-refractivity contribution in [2.75, 3.05) is 6.54 Å². The Bertz CT molecular complexity index is 751. The number of imide groups is 1. The molecule has 4 heteroatoms. The van der Waals surface area contributed by atoms with Gasteiger partial charge in [-0.25, -0.2) is 0 Å². The number of amides is 2. The van der Waals surface area contributed by atoms with Gasteiger partial charge in [0, 0.05) is 6.54 Å². The summed E-state index contributed by atoms with van der Waals surface area (Å²) in [6, 6.07) is 8.42. The van der Waals surface area contributed by atoms with Crippen LogP contribution in [0.3, 0.4) is 0 Å². The molecule has 1 N–H and O–H groups in total. The predicted octanol–water partition coefficient (Wildman–Crippen LogP) is 3.72. The molecule has 1 aliphatic rings. The lowest BCUT2D eigenvalue weighted by molar-refractivity contribution is 0.0652. The monoisotopic (exact) mass is 297 g/mol. The van der Waals surface area contributed by atoms with E-state index in [0.717, 1.165) is 31.1 Å². The molecule has 0 spiro atoms. The molecule has 0 unspecified atom stereocenters. The molecule has 0 saturated heterocycles. The normalized spacial score (nSPS) is 14.0. The zero-order valence-corrected chi connectivity index (χ0v) is 12.6. The second-order valence-corrected chi connectivity index (χ2v) is 5.72. The average Bonchev–Trinajstić information content (AvgIpc) is 2.76. The Labute approximate surface area is 129 Å². The summed E-state index contributed by atoms with van der Waals surface area (Å²) < 4.78 is 0.